The molecule has 1 fully saturated rings. The minimum Gasteiger partial charge on any atom is -0.462 e. The third-order valence-corrected chi connectivity index (χ3v) is 6.35. The molecule has 1 amide bonds. The molecule has 28 heavy (non-hydrogen) atoms. The van der Waals surface area contributed by atoms with Crippen molar-refractivity contribution in [3.63, 3.8) is 0 Å². The standard InChI is InChI=1S/C20H21N3O4S/c1-15-8-9-18(27-15)12-16(14-21)20(24)22-17-6-5-7-19(13-17)28(25,26)23-10-3-2-4-11-23/h5-9,12-13H,2-4,10-11H2,1H3,(H,22,24). The Balaban J connectivity index is 1.79. The number of rotatable bonds is 5. The number of benzene rings is 1. The number of amides is 1. The molecule has 7 nitrogen and oxygen atoms in total. The number of sulfonamides is 1. The number of carbonyl (C=O) groups excluding carboxylic acids is 1. The summed E-state index contributed by atoms with van der Waals surface area (Å²) in [6.45, 7) is 2.77. The molecule has 2 aromatic rings. The zero-order valence-corrected chi connectivity index (χ0v) is 16.3. The SMILES string of the molecule is Cc1ccc(C=C(C#N)C(=O)Nc2cccc(S(=O)(=O)N3CCCCC3)c2)o1. The Kier molecular flexibility index (Phi) is 5.97. The highest BCUT2D eigenvalue weighted by atomic mass is 32.2. The van der Waals surface area contributed by atoms with Crippen molar-refractivity contribution in [2.45, 2.75) is 31.1 Å². The van der Waals surface area contributed by atoms with Crippen molar-refractivity contribution in [1.29, 1.82) is 5.26 Å². The van der Waals surface area contributed by atoms with Crippen molar-refractivity contribution >= 4 is 27.7 Å². The number of anilines is 1. The fourth-order valence-corrected chi connectivity index (χ4v) is 4.57. The quantitative estimate of drug-likeness (QED) is 0.614. The van der Waals surface area contributed by atoms with E-state index < -0.39 is 15.9 Å². The van der Waals surface area contributed by atoms with Crippen molar-refractivity contribution < 1.29 is 17.6 Å². The fourth-order valence-electron chi connectivity index (χ4n) is 3.01. The van der Waals surface area contributed by atoms with Gasteiger partial charge in [-0.3, -0.25) is 4.79 Å². The first kappa shape index (κ1) is 19.9. The van der Waals surface area contributed by atoms with E-state index in [1.54, 1.807) is 31.2 Å². The van der Waals surface area contributed by atoms with Crippen molar-refractivity contribution in [1.82, 2.24) is 4.31 Å². The molecule has 0 spiro atoms. The predicted octanol–water partition coefficient (Wildman–Crippen LogP) is 3.31. The van der Waals surface area contributed by atoms with Crippen LogP contribution < -0.4 is 5.32 Å². The van der Waals surface area contributed by atoms with Gasteiger partial charge >= 0.3 is 0 Å². The van der Waals surface area contributed by atoms with E-state index in [4.69, 9.17) is 4.42 Å². The molecule has 0 radical (unpaired) electrons. The minimum atomic E-state index is -3.60. The first-order chi connectivity index (χ1) is 13.4. The van der Waals surface area contributed by atoms with E-state index >= 15 is 0 Å². The third-order valence-electron chi connectivity index (χ3n) is 4.46. The highest BCUT2D eigenvalue weighted by molar-refractivity contribution is 7.89. The molecular formula is C20H21N3O4S. The normalized spacial score (nSPS) is 15.8. The first-order valence-electron chi connectivity index (χ1n) is 9.00. The van der Waals surface area contributed by atoms with Crippen LogP contribution >= 0.6 is 0 Å². The van der Waals surface area contributed by atoms with Crippen molar-refractivity contribution in [2.24, 2.45) is 0 Å². The monoisotopic (exact) mass is 399 g/mol. The van der Waals surface area contributed by atoms with Crippen LogP contribution in [-0.2, 0) is 14.8 Å². The maximum Gasteiger partial charge on any atom is 0.266 e. The van der Waals surface area contributed by atoms with Crippen LogP contribution in [0.5, 0.6) is 0 Å². The fraction of sp³-hybridized carbons (Fsp3) is 0.300. The van der Waals surface area contributed by atoms with E-state index in [1.165, 1.54) is 22.5 Å². The van der Waals surface area contributed by atoms with Crippen LogP contribution in [0.2, 0.25) is 0 Å². The third kappa shape index (κ3) is 4.50. The summed E-state index contributed by atoms with van der Waals surface area (Å²) in [5.41, 5.74) is 0.165. The van der Waals surface area contributed by atoms with Crippen LogP contribution in [0, 0.1) is 18.3 Å². The van der Waals surface area contributed by atoms with Gasteiger partial charge in [0.1, 0.15) is 23.2 Å². The molecule has 8 heteroatoms. The van der Waals surface area contributed by atoms with E-state index in [2.05, 4.69) is 5.32 Å². The zero-order chi connectivity index (χ0) is 20.1. The van der Waals surface area contributed by atoms with Gasteiger partial charge in [0, 0.05) is 24.9 Å². The lowest BCUT2D eigenvalue weighted by atomic mass is 10.2. The molecule has 3 rings (SSSR count). The molecule has 0 atom stereocenters. The van der Waals surface area contributed by atoms with E-state index in [-0.39, 0.29) is 10.5 Å². The number of furan rings is 1. The summed E-state index contributed by atoms with van der Waals surface area (Å²) in [5, 5.41) is 11.9. The Labute approximate surface area is 164 Å². The first-order valence-corrected chi connectivity index (χ1v) is 10.4. The predicted molar refractivity (Wildman–Crippen MR) is 105 cm³/mol. The summed E-state index contributed by atoms with van der Waals surface area (Å²) in [4.78, 5) is 12.5. The Morgan fingerprint density at radius 2 is 1.96 bits per heavy atom. The van der Waals surface area contributed by atoms with E-state index in [0.29, 0.717) is 30.3 Å². The van der Waals surface area contributed by atoms with Crippen LogP contribution in [0.3, 0.4) is 0 Å². The highest BCUT2D eigenvalue weighted by Gasteiger charge is 2.26. The second-order valence-electron chi connectivity index (χ2n) is 6.56. The number of hydrogen-bond acceptors (Lipinski definition) is 5. The van der Waals surface area contributed by atoms with Gasteiger partial charge in [-0.25, -0.2) is 8.42 Å². The van der Waals surface area contributed by atoms with Gasteiger partial charge in [0.2, 0.25) is 10.0 Å². The average Bonchev–Trinajstić information content (AvgIpc) is 3.11. The smallest absolute Gasteiger partial charge is 0.266 e. The second kappa shape index (κ2) is 8.42. The lowest BCUT2D eigenvalue weighted by molar-refractivity contribution is -0.112. The Bertz CT molecular complexity index is 1040. The summed E-state index contributed by atoms with van der Waals surface area (Å²) in [6.07, 6.45) is 4.06. The van der Waals surface area contributed by atoms with Gasteiger partial charge in [-0.05, 0) is 50.1 Å². The number of piperidine rings is 1. The van der Waals surface area contributed by atoms with Gasteiger partial charge in [0.25, 0.3) is 5.91 Å². The molecule has 1 aromatic heterocycles. The lowest BCUT2D eigenvalue weighted by Gasteiger charge is -2.26. The van der Waals surface area contributed by atoms with Gasteiger partial charge in [0.15, 0.2) is 0 Å². The second-order valence-corrected chi connectivity index (χ2v) is 8.50. The largest absolute Gasteiger partial charge is 0.462 e. The number of nitrogens with one attached hydrogen (secondary N) is 1. The Hall–Kier alpha value is -2.89. The molecule has 1 N–H and O–H groups in total. The Morgan fingerprint density at radius 3 is 2.61 bits per heavy atom. The maximum atomic E-state index is 12.8. The van der Waals surface area contributed by atoms with Crippen LogP contribution in [0.1, 0.15) is 30.8 Å². The van der Waals surface area contributed by atoms with Gasteiger partial charge in [-0.1, -0.05) is 12.5 Å². The summed E-state index contributed by atoms with van der Waals surface area (Å²) in [5.74, 6) is 0.425. The molecule has 1 aromatic carbocycles. The van der Waals surface area contributed by atoms with E-state index in [9.17, 15) is 18.5 Å². The Morgan fingerprint density at radius 1 is 1.21 bits per heavy atom. The number of nitrogens with zero attached hydrogens (tertiary/aromatic N) is 2. The maximum absolute atomic E-state index is 12.8. The van der Waals surface area contributed by atoms with Gasteiger partial charge < -0.3 is 9.73 Å². The molecule has 146 valence electrons. The summed E-state index contributed by atoms with van der Waals surface area (Å²) in [6, 6.07) is 11.3. The molecule has 0 bridgehead atoms. The molecule has 1 aliphatic rings. The van der Waals surface area contributed by atoms with Crippen molar-refractivity contribution in [3.8, 4) is 6.07 Å². The van der Waals surface area contributed by atoms with Gasteiger partial charge in [-0.15, -0.1) is 0 Å². The highest BCUT2D eigenvalue weighted by Crippen LogP contribution is 2.23. The van der Waals surface area contributed by atoms with Gasteiger partial charge in [-0.2, -0.15) is 9.57 Å². The molecule has 0 unspecified atom stereocenters. The summed E-state index contributed by atoms with van der Waals surface area (Å²) >= 11 is 0. The van der Waals surface area contributed by atoms with Crippen molar-refractivity contribution in [3.05, 3.63) is 53.5 Å². The molecule has 0 aliphatic carbocycles. The minimum absolute atomic E-state index is 0.122. The molecule has 2 heterocycles. The van der Waals surface area contributed by atoms with Gasteiger partial charge in [0.05, 0.1) is 4.90 Å². The van der Waals surface area contributed by atoms with E-state index in [0.717, 1.165) is 19.3 Å². The van der Waals surface area contributed by atoms with E-state index in [1.807, 2.05) is 6.07 Å². The van der Waals surface area contributed by atoms with Crippen molar-refractivity contribution in [2.75, 3.05) is 18.4 Å². The topological polar surface area (TPSA) is 103 Å². The van der Waals surface area contributed by atoms with Crippen LogP contribution in [0.25, 0.3) is 6.08 Å². The number of aryl methyl sites for hydroxylation is 1. The summed E-state index contributed by atoms with van der Waals surface area (Å²) < 4.78 is 32.4. The van der Waals surface area contributed by atoms with Crippen LogP contribution in [0.4, 0.5) is 5.69 Å². The molecule has 0 saturated carbocycles. The lowest BCUT2D eigenvalue weighted by Crippen LogP contribution is -2.35. The summed E-state index contributed by atoms with van der Waals surface area (Å²) in [7, 11) is -3.60. The number of carbonyl (C=O) groups is 1. The number of hydrogen-bond donors (Lipinski definition) is 1. The van der Waals surface area contributed by atoms with Crippen LogP contribution in [-0.4, -0.2) is 31.7 Å². The average molecular weight is 399 g/mol. The molecular weight excluding hydrogens is 378 g/mol. The van der Waals surface area contributed by atoms with Crippen LogP contribution in [0.15, 0.2) is 51.3 Å². The number of nitriles is 1. The molecule has 1 aliphatic heterocycles. The molecule has 1 saturated heterocycles. The zero-order valence-electron chi connectivity index (χ0n) is 15.5.